The lowest BCUT2D eigenvalue weighted by Gasteiger charge is -2.23. The number of rotatable bonds is 3. The van der Waals surface area contributed by atoms with Crippen molar-refractivity contribution in [3.05, 3.63) is 39.7 Å². The highest BCUT2D eigenvalue weighted by Gasteiger charge is 2.29. The molecule has 0 aliphatic carbocycles. The number of H-pyrrole nitrogens is 1. The Kier molecular flexibility index (Phi) is 2.68. The first-order chi connectivity index (χ1) is 8.32. The molecular weight excluding hydrogens is 234 g/mol. The van der Waals surface area contributed by atoms with Gasteiger partial charge in [-0.15, -0.1) is 0 Å². The van der Waals surface area contributed by atoms with Crippen molar-refractivity contribution < 1.29 is 4.92 Å². The number of nitrogens with zero attached hydrogens (tertiary/aromatic N) is 4. The third-order valence-electron chi connectivity index (χ3n) is 3.00. The largest absolute Gasteiger partial charge is 0.344 e. The molecule has 7 nitrogen and oxygen atoms in total. The third kappa shape index (κ3) is 1.87. The predicted molar refractivity (Wildman–Crippen MR) is 65.4 cm³/mol. The first kappa shape index (κ1) is 12.3. The highest BCUT2D eigenvalue weighted by Crippen LogP contribution is 2.26. The minimum absolute atomic E-state index is 0.0271. The maximum atomic E-state index is 10.8. The van der Waals surface area contributed by atoms with Crippen molar-refractivity contribution in [2.24, 2.45) is 0 Å². The van der Waals surface area contributed by atoms with Crippen molar-refractivity contribution in [1.29, 1.82) is 0 Å². The molecule has 2 rings (SSSR count). The molecule has 2 aromatic heterocycles. The van der Waals surface area contributed by atoms with Gasteiger partial charge in [-0.3, -0.25) is 14.8 Å². The van der Waals surface area contributed by atoms with Gasteiger partial charge in [0.1, 0.15) is 17.7 Å². The van der Waals surface area contributed by atoms with E-state index in [4.69, 9.17) is 0 Å². The van der Waals surface area contributed by atoms with Crippen LogP contribution in [0.15, 0.2) is 12.4 Å². The van der Waals surface area contributed by atoms with E-state index in [1.54, 1.807) is 17.8 Å². The van der Waals surface area contributed by atoms with Crippen LogP contribution in [0.5, 0.6) is 0 Å². The number of imidazole rings is 1. The van der Waals surface area contributed by atoms with Gasteiger partial charge in [-0.05, 0) is 27.7 Å². The molecule has 0 fully saturated rings. The molecule has 0 radical (unpaired) electrons. The van der Waals surface area contributed by atoms with Crippen LogP contribution in [0, 0.1) is 24.0 Å². The summed E-state index contributed by atoms with van der Waals surface area (Å²) < 4.78 is 1.59. The molecule has 2 heterocycles. The second-order valence-corrected chi connectivity index (χ2v) is 4.74. The number of nitro groups is 1. The second kappa shape index (κ2) is 3.94. The molecule has 0 amide bonds. The van der Waals surface area contributed by atoms with Gasteiger partial charge in [0, 0.05) is 0 Å². The standard InChI is InChI=1S/C11H15N5O2/c1-7-9(16(17)18)6-15(14-7)11(3,4)10-5-12-8(2)13-10/h5-6H,1-4H3,(H,12,13). The van der Waals surface area contributed by atoms with Crippen LogP contribution in [0.1, 0.15) is 31.1 Å². The molecule has 0 aliphatic heterocycles. The molecular formula is C11H15N5O2. The Morgan fingerprint density at radius 2 is 2.11 bits per heavy atom. The lowest BCUT2D eigenvalue weighted by molar-refractivity contribution is -0.385. The molecule has 2 aromatic rings. The van der Waals surface area contributed by atoms with Gasteiger partial charge in [0.05, 0.1) is 22.4 Å². The maximum Gasteiger partial charge on any atom is 0.309 e. The summed E-state index contributed by atoms with van der Waals surface area (Å²) in [5.41, 5.74) is 0.779. The molecule has 0 aliphatic rings. The molecule has 0 saturated carbocycles. The average molecular weight is 249 g/mol. The van der Waals surface area contributed by atoms with E-state index in [-0.39, 0.29) is 5.69 Å². The minimum Gasteiger partial charge on any atom is -0.344 e. The van der Waals surface area contributed by atoms with Gasteiger partial charge in [0.15, 0.2) is 0 Å². The molecule has 0 saturated heterocycles. The highest BCUT2D eigenvalue weighted by molar-refractivity contribution is 5.32. The summed E-state index contributed by atoms with van der Waals surface area (Å²) in [4.78, 5) is 17.7. The monoisotopic (exact) mass is 249 g/mol. The summed E-state index contributed by atoms with van der Waals surface area (Å²) in [5, 5.41) is 15.1. The maximum absolute atomic E-state index is 10.8. The van der Waals surface area contributed by atoms with Crippen LogP contribution in [-0.2, 0) is 5.54 Å². The van der Waals surface area contributed by atoms with Crippen LogP contribution in [0.25, 0.3) is 0 Å². The first-order valence-corrected chi connectivity index (χ1v) is 5.55. The van der Waals surface area contributed by atoms with Gasteiger partial charge < -0.3 is 4.98 Å². The molecule has 1 N–H and O–H groups in total. The smallest absolute Gasteiger partial charge is 0.309 e. The van der Waals surface area contributed by atoms with E-state index < -0.39 is 10.5 Å². The van der Waals surface area contributed by atoms with Crippen LogP contribution >= 0.6 is 0 Å². The first-order valence-electron chi connectivity index (χ1n) is 5.55. The number of aromatic nitrogens is 4. The molecule has 0 bridgehead atoms. The quantitative estimate of drug-likeness (QED) is 0.664. The van der Waals surface area contributed by atoms with Crippen molar-refractivity contribution in [2.75, 3.05) is 0 Å². The molecule has 7 heteroatoms. The van der Waals surface area contributed by atoms with Crippen molar-refractivity contribution in [2.45, 2.75) is 33.2 Å². The normalized spacial score (nSPS) is 11.8. The van der Waals surface area contributed by atoms with Gasteiger partial charge in [0.25, 0.3) is 0 Å². The van der Waals surface area contributed by atoms with E-state index in [0.29, 0.717) is 5.69 Å². The number of hydrogen-bond acceptors (Lipinski definition) is 4. The Hall–Kier alpha value is -2.18. The molecule has 0 spiro atoms. The summed E-state index contributed by atoms with van der Waals surface area (Å²) in [6.07, 6.45) is 3.17. The third-order valence-corrected chi connectivity index (χ3v) is 3.00. The minimum atomic E-state index is -0.514. The zero-order valence-electron chi connectivity index (χ0n) is 10.8. The van der Waals surface area contributed by atoms with E-state index in [1.807, 2.05) is 20.8 Å². The zero-order chi connectivity index (χ0) is 13.5. The lowest BCUT2D eigenvalue weighted by Crippen LogP contribution is -2.28. The van der Waals surface area contributed by atoms with Gasteiger partial charge in [0.2, 0.25) is 0 Å². The highest BCUT2D eigenvalue weighted by atomic mass is 16.6. The van der Waals surface area contributed by atoms with Gasteiger partial charge >= 0.3 is 5.69 Å². The van der Waals surface area contributed by atoms with Crippen molar-refractivity contribution >= 4 is 5.69 Å². The fourth-order valence-electron chi connectivity index (χ4n) is 1.77. The SMILES string of the molecule is Cc1ncc(C(C)(C)n2cc([N+](=O)[O-])c(C)n2)[nH]1. The summed E-state index contributed by atoms with van der Waals surface area (Å²) in [7, 11) is 0. The number of aromatic amines is 1. The summed E-state index contributed by atoms with van der Waals surface area (Å²) in [6.45, 7) is 7.34. The number of hydrogen-bond donors (Lipinski definition) is 1. The Bertz CT molecular complexity index is 596. The Morgan fingerprint density at radius 1 is 1.44 bits per heavy atom. The second-order valence-electron chi connectivity index (χ2n) is 4.74. The summed E-state index contributed by atoms with van der Waals surface area (Å²) >= 11 is 0. The van der Waals surface area contributed by atoms with Crippen LogP contribution < -0.4 is 0 Å². The van der Waals surface area contributed by atoms with Crippen molar-refractivity contribution in [3.63, 3.8) is 0 Å². The lowest BCUT2D eigenvalue weighted by atomic mass is 10.0. The van der Waals surface area contributed by atoms with Gasteiger partial charge in [-0.1, -0.05) is 0 Å². The molecule has 0 unspecified atom stereocenters. The topological polar surface area (TPSA) is 89.6 Å². The van der Waals surface area contributed by atoms with E-state index >= 15 is 0 Å². The summed E-state index contributed by atoms with van der Waals surface area (Å²) in [6, 6.07) is 0. The molecule has 0 aromatic carbocycles. The summed E-state index contributed by atoms with van der Waals surface area (Å²) in [5.74, 6) is 0.802. The van der Waals surface area contributed by atoms with E-state index in [2.05, 4.69) is 15.1 Å². The molecule has 18 heavy (non-hydrogen) atoms. The van der Waals surface area contributed by atoms with Crippen LogP contribution in [0.2, 0.25) is 0 Å². The van der Waals surface area contributed by atoms with Crippen molar-refractivity contribution in [3.8, 4) is 0 Å². The molecule has 96 valence electrons. The fraction of sp³-hybridized carbons (Fsp3) is 0.455. The zero-order valence-corrected chi connectivity index (χ0v) is 10.8. The van der Waals surface area contributed by atoms with Crippen molar-refractivity contribution in [1.82, 2.24) is 19.7 Å². The number of nitrogens with one attached hydrogen (secondary N) is 1. The van der Waals surface area contributed by atoms with Crippen LogP contribution in [0.4, 0.5) is 5.69 Å². The Morgan fingerprint density at radius 3 is 2.56 bits per heavy atom. The van der Waals surface area contributed by atoms with Gasteiger partial charge in [-0.25, -0.2) is 4.98 Å². The van der Waals surface area contributed by atoms with E-state index in [0.717, 1.165) is 11.5 Å². The van der Waals surface area contributed by atoms with Crippen LogP contribution in [-0.4, -0.2) is 24.7 Å². The Balaban J connectivity index is 2.47. The van der Waals surface area contributed by atoms with E-state index in [1.165, 1.54) is 6.20 Å². The number of aryl methyl sites for hydroxylation is 2. The Labute approximate surface area is 104 Å². The van der Waals surface area contributed by atoms with Crippen LogP contribution in [0.3, 0.4) is 0 Å². The average Bonchev–Trinajstić information content (AvgIpc) is 2.84. The molecule has 0 atom stereocenters. The fourth-order valence-corrected chi connectivity index (χ4v) is 1.77. The van der Waals surface area contributed by atoms with Gasteiger partial charge in [-0.2, -0.15) is 5.10 Å². The predicted octanol–water partition coefficient (Wildman–Crippen LogP) is 1.91. The van der Waals surface area contributed by atoms with E-state index in [9.17, 15) is 10.1 Å².